The van der Waals surface area contributed by atoms with E-state index in [2.05, 4.69) is 5.32 Å². The molecule has 2 unspecified atom stereocenters. The predicted octanol–water partition coefficient (Wildman–Crippen LogP) is 2.63. The van der Waals surface area contributed by atoms with Crippen LogP contribution in [0.5, 0.6) is 0 Å². The summed E-state index contributed by atoms with van der Waals surface area (Å²) in [7, 11) is 0. The number of piperidine rings is 1. The summed E-state index contributed by atoms with van der Waals surface area (Å²) >= 11 is 0. The third-order valence-electron chi connectivity index (χ3n) is 4.00. The maximum absolute atomic E-state index is 12.1. The molecule has 4 nitrogen and oxygen atoms in total. The van der Waals surface area contributed by atoms with Gasteiger partial charge in [0.05, 0.1) is 0 Å². The van der Waals surface area contributed by atoms with Gasteiger partial charge in [-0.05, 0) is 71.4 Å². The van der Waals surface area contributed by atoms with E-state index in [0.717, 1.165) is 38.5 Å². The maximum Gasteiger partial charge on any atom is 0.410 e. The summed E-state index contributed by atoms with van der Waals surface area (Å²) in [6, 6.07) is 0. The van der Waals surface area contributed by atoms with E-state index in [1.165, 1.54) is 19.3 Å². The van der Waals surface area contributed by atoms with Crippen LogP contribution in [-0.2, 0) is 4.74 Å². The molecule has 4 heteroatoms. The fraction of sp³-hybridized carbons (Fsp3) is 0.933. The summed E-state index contributed by atoms with van der Waals surface area (Å²) in [6.07, 6.45) is 4.79. The molecule has 1 N–H and O–H groups in total. The van der Waals surface area contributed by atoms with E-state index >= 15 is 0 Å². The average molecular weight is 268 g/mol. The molecular weight excluding hydrogens is 240 g/mol. The summed E-state index contributed by atoms with van der Waals surface area (Å²) < 4.78 is 5.47. The van der Waals surface area contributed by atoms with Gasteiger partial charge in [0.2, 0.25) is 0 Å². The first-order valence-electron chi connectivity index (χ1n) is 7.63. The Bertz CT molecular complexity index is 306. The van der Waals surface area contributed by atoms with Crippen LogP contribution in [0.15, 0.2) is 0 Å². The van der Waals surface area contributed by atoms with Crippen LogP contribution in [0.2, 0.25) is 0 Å². The lowest BCUT2D eigenvalue weighted by Crippen LogP contribution is -2.43. The zero-order chi connectivity index (χ0) is 13.9. The van der Waals surface area contributed by atoms with Crippen molar-refractivity contribution in [2.45, 2.75) is 52.1 Å². The zero-order valence-electron chi connectivity index (χ0n) is 12.6. The molecule has 0 aliphatic carbocycles. The lowest BCUT2D eigenvalue weighted by molar-refractivity contribution is 0.0154. The average Bonchev–Trinajstić information content (AvgIpc) is 2.80. The van der Waals surface area contributed by atoms with E-state index < -0.39 is 0 Å². The maximum atomic E-state index is 12.1. The number of carbonyl (C=O) groups is 1. The number of nitrogens with zero attached hydrogens (tertiary/aromatic N) is 1. The van der Waals surface area contributed by atoms with E-state index in [0.29, 0.717) is 5.92 Å². The van der Waals surface area contributed by atoms with Gasteiger partial charge in [-0.15, -0.1) is 0 Å². The van der Waals surface area contributed by atoms with Gasteiger partial charge in [-0.3, -0.25) is 0 Å². The zero-order valence-corrected chi connectivity index (χ0v) is 12.6. The Morgan fingerprint density at radius 3 is 2.74 bits per heavy atom. The Labute approximate surface area is 116 Å². The fourth-order valence-corrected chi connectivity index (χ4v) is 3.14. The van der Waals surface area contributed by atoms with E-state index in [1.54, 1.807) is 0 Å². The lowest BCUT2D eigenvalue weighted by Gasteiger charge is -2.35. The summed E-state index contributed by atoms with van der Waals surface area (Å²) in [5, 5.41) is 3.42. The van der Waals surface area contributed by atoms with E-state index in [-0.39, 0.29) is 11.7 Å². The van der Waals surface area contributed by atoms with Gasteiger partial charge in [-0.25, -0.2) is 4.79 Å². The first-order chi connectivity index (χ1) is 8.94. The minimum absolute atomic E-state index is 0.137. The van der Waals surface area contributed by atoms with Crippen molar-refractivity contribution in [2.24, 2.45) is 11.8 Å². The molecule has 2 atom stereocenters. The molecule has 1 amide bonds. The van der Waals surface area contributed by atoms with Gasteiger partial charge in [-0.1, -0.05) is 0 Å². The van der Waals surface area contributed by atoms with Crippen LogP contribution in [0.25, 0.3) is 0 Å². The number of likely N-dealkylation sites (tertiary alicyclic amines) is 1. The molecular formula is C15H28N2O2. The highest BCUT2D eigenvalue weighted by Crippen LogP contribution is 2.27. The van der Waals surface area contributed by atoms with Gasteiger partial charge in [0.25, 0.3) is 0 Å². The Morgan fingerprint density at radius 1 is 1.32 bits per heavy atom. The van der Waals surface area contributed by atoms with Gasteiger partial charge in [-0.2, -0.15) is 0 Å². The largest absolute Gasteiger partial charge is 0.444 e. The third kappa shape index (κ3) is 4.68. The van der Waals surface area contributed by atoms with Crippen LogP contribution >= 0.6 is 0 Å². The van der Waals surface area contributed by atoms with Crippen molar-refractivity contribution in [3.63, 3.8) is 0 Å². The Hall–Kier alpha value is -0.770. The van der Waals surface area contributed by atoms with Gasteiger partial charge >= 0.3 is 6.09 Å². The first-order valence-corrected chi connectivity index (χ1v) is 7.63. The molecule has 2 saturated heterocycles. The number of amides is 1. The van der Waals surface area contributed by atoms with Gasteiger partial charge in [0.15, 0.2) is 0 Å². The van der Waals surface area contributed by atoms with E-state index in [9.17, 15) is 4.79 Å². The van der Waals surface area contributed by atoms with E-state index in [4.69, 9.17) is 4.74 Å². The van der Waals surface area contributed by atoms with Crippen LogP contribution in [0, 0.1) is 11.8 Å². The second-order valence-electron chi connectivity index (χ2n) is 7.03. The third-order valence-corrected chi connectivity index (χ3v) is 4.00. The highest BCUT2D eigenvalue weighted by Gasteiger charge is 2.29. The number of hydrogen-bond acceptors (Lipinski definition) is 3. The Kier molecular flexibility index (Phi) is 4.71. The highest BCUT2D eigenvalue weighted by atomic mass is 16.6. The van der Waals surface area contributed by atoms with Gasteiger partial charge < -0.3 is 15.0 Å². The molecule has 0 spiro atoms. The van der Waals surface area contributed by atoms with Crippen molar-refractivity contribution in [3.8, 4) is 0 Å². The molecule has 2 fully saturated rings. The molecule has 19 heavy (non-hydrogen) atoms. The smallest absolute Gasteiger partial charge is 0.410 e. The van der Waals surface area contributed by atoms with E-state index in [1.807, 2.05) is 25.7 Å². The van der Waals surface area contributed by atoms with Crippen LogP contribution in [0.3, 0.4) is 0 Å². The molecule has 0 aromatic rings. The van der Waals surface area contributed by atoms with Gasteiger partial charge in [0, 0.05) is 13.1 Å². The SMILES string of the molecule is CC(C)(C)OC(=O)N1CCCC(CC2CCNC2)C1. The van der Waals surface area contributed by atoms with Crippen LogP contribution in [0.1, 0.15) is 46.5 Å². The highest BCUT2D eigenvalue weighted by molar-refractivity contribution is 5.68. The van der Waals surface area contributed by atoms with Crippen molar-refractivity contribution >= 4 is 6.09 Å². The van der Waals surface area contributed by atoms with Crippen molar-refractivity contribution in [1.29, 1.82) is 0 Å². The molecule has 0 aromatic heterocycles. The monoisotopic (exact) mass is 268 g/mol. The second kappa shape index (κ2) is 6.12. The van der Waals surface area contributed by atoms with Crippen molar-refractivity contribution in [3.05, 3.63) is 0 Å². The Morgan fingerprint density at radius 2 is 2.11 bits per heavy atom. The van der Waals surface area contributed by atoms with Crippen LogP contribution in [0.4, 0.5) is 4.79 Å². The quantitative estimate of drug-likeness (QED) is 0.837. The molecule has 0 bridgehead atoms. The molecule has 2 aliphatic rings. The molecule has 0 saturated carbocycles. The topological polar surface area (TPSA) is 41.6 Å². The molecule has 2 heterocycles. The number of carbonyl (C=O) groups excluding carboxylic acids is 1. The van der Waals surface area contributed by atoms with Crippen molar-refractivity contribution in [2.75, 3.05) is 26.2 Å². The van der Waals surface area contributed by atoms with Crippen LogP contribution < -0.4 is 5.32 Å². The molecule has 2 rings (SSSR count). The summed E-state index contributed by atoms with van der Waals surface area (Å²) in [5.74, 6) is 1.47. The minimum atomic E-state index is -0.389. The number of rotatable bonds is 2. The summed E-state index contributed by atoms with van der Waals surface area (Å²) in [6.45, 7) is 9.83. The standard InChI is InChI=1S/C15H28N2O2/c1-15(2,3)19-14(18)17-8-4-5-13(11-17)9-12-6-7-16-10-12/h12-13,16H,4-11H2,1-3H3. The number of nitrogens with one attached hydrogen (secondary N) is 1. The van der Waals surface area contributed by atoms with Crippen molar-refractivity contribution in [1.82, 2.24) is 10.2 Å². The second-order valence-corrected chi connectivity index (χ2v) is 7.03. The Balaban J connectivity index is 1.80. The molecule has 0 aromatic carbocycles. The number of hydrogen-bond donors (Lipinski definition) is 1. The minimum Gasteiger partial charge on any atom is -0.444 e. The first kappa shape index (κ1) is 14.6. The fourth-order valence-electron chi connectivity index (χ4n) is 3.14. The molecule has 0 radical (unpaired) electrons. The van der Waals surface area contributed by atoms with Crippen molar-refractivity contribution < 1.29 is 9.53 Å². The summed E-state index contributed by atoms with van der Waals surface area (Å²) in [5.41, 5.74) is -0.389. The number of ether oxygens (including phenoxy) is 1. The molecule has 110 valence electrons. The molecule has 2 aliphatic heterocycles. The lowest BCUT2D eigenvalue weighted by atomic mass is 9.88. The normalized spacial score (nSPS) is 28.5. The van der Waals surface area contributed by atoms with Crippen LogP contribution in [-0.4, -0.2) is 42.8 Å². The predicted molar refractivity (Wildman–Crippen MR) is 76.1 cm³/mol. The van der Waals surface area contributed by atoms with Gasteiger partial charge in [0.1, 0.15) is 5.60 Å². The summed E-state index contributed by atoms with van der Waals surface area (Å²) in [4.78, 5) is 14.0.